The molecule has 12 heavy (non-hydrogen) atoms. The quantitative estimate of drug-likeness (QED) is 0.577. The van der Waals surface area contributed by atoms with Gasteiger partial charge in [-0.2, -0.15) is 0 Å². The Morgan fingerprint density at radius 2 is 1.92 bits per heavy atom. The van der Waals surface area contributed by atoms with Gasteiger partial charge in [-0.3, -0.25) is 0 Å². The lowest BCUT2D eigenvalue weighted by atomic mass is 9.88. The van der Waals surface area contributed by atoms with E-state index >= 15 is 0 Å². The molecule has 1 heterocycles. The predicted octanol–water partition coefficient (Wildman–Crippen LogP) is 2.26. The molecule has 1 aliphatic carbocycles. The molecule has 2 atom stereocenters. The third-order valence-electron chi connectivity index (χ3n) is 2.84. The molecule has 2 rings (SSSR count). The summed E-state index contributed by atoms with van der Waals surface area (Å²) in [4.78, 5) is 0. The molecule has 0 aromatic rings. The SMILES string of the molecule is C1=CC2CCCCCNC2C=C1. The van der Waals surface area contributed by atoms with Crippen LogP contribution >= 0.6 is 0 Å². The van der Waals surface area contributed by atoms with Gasteiger partial charge in [0.05, 0.1) is 0 Å². The van der Waals surface area contributed by atoms with Crippen LogP contribution in [-0.4, -0.2) is 12.6 Å². The Balaban J connectivity index is 2.00. The molecule has 1 aliphatic heterocycles. The van der Waals surface area contributed by atoms with Gasteiger partial charge < -0.3 is 5.32 Å². The highest BCUT2D eigenvalue weighted by Gasteiger charge is 2.18. The van der Waals surface area contributed by atoms with Gasteiger partial charge >= 0.3 is 0 Å². The average molecular weight is 163 g/mol. The average Bonchev–Trinajstić information content (AvgIpc) is 2.06. The summed E-state index contributed by atoms with van der Waals surface area (Å²) in [6, 6.07) is 0.621. The summed E-state index contributed by atoms with van der Waals surface area (Å²) in [6.07, 6.45) is 14.5. The molecule has 1 heteroatoms. The van der Waals surface area contributed by atoms with Crippen molar-refractivity contribution >= 4 is 0 Å². The number of fused-ring (bicyclic) bond motifs is 1. The van der Waals surface area contributed by atoms with Crippen molar-refractivity contribution in [3.05, 3.63) is 24.3 Å². The molecular weight excluding hydrogens is 146 g/mol. The van der Waals surface area contributed by atoms with Gasteiger partial charge in [0.15, 0.2) is 0 Å². The molecule has 2 unspecified atom stereocenters. The fourth-order valence-electron chi connectivity index (χ4n) is 2.10. The zero-order chi connectivity index (χ0) is 8.23. The van der Waals surface area contributed by atoms with Gasteiger partial charge in [-0.1, -0.05) is 37.1 Å². The molecule has 0 radical (unpaired) electrons. The molecule has 1 saturated heterocycles. The van der Waals surface area contributed by atoms with Crippen molar-refractivity contribution in [3.8, 4) is 0 Å². The van der Waals surface area contributed by atoms with E-state index in [1.54, 1.807) is 0 Å². The van der Waals surface area contributed by atoms with E-state index in [-0.39, 0.29) is 0 Å². The summed E-state index contributed by atoms with van der Waals surface area (Å²) in [5.41, 5.74) is 0. The second-order valence-electron chi connectivity index (χ2n) is 3.76. The van der Waals surface area contributed by atoms with E-state index in [0.29, 0.717) is 6.04 Å². The summed E-state index contributed by atoms with van der Waals surface area (Å²) in [6.45, 7) is 1.19. The molecule has 2 aliphatic rings. The first kappa shape index (κ1) is 8.06. The first-order valence-electron chi connectivity index (χ1n) is 5.05. The van der Waals surface area contributed by atoms with Gasteiger partial charge in [0.1, 0.15) is 0 Å². The monoisotopic (exact) mass is 163 g/mol. The topological polar surface area (TPSA) is 12.0 Å². The first-order valence-corrected chi connectivity index (χ1v) is 5.05. The van der Waals surface area contributed by atoms with E-state index < -0.39 is 0 Å². The standard InChI is InChI=1S/C11H17N/c1-2-6-10-7-3-4-8-11(10)12-9-5-1/h3-4,7-8,10-12H,1-2,5-6,9H2. The van der Waals surface area contributed by atoms with Gasteiger partial charge in [-0.25, -0.2) is 0 Å². The van der Waals surface area contributed by atoms with Crippen molar-refractivity contribution in [1.29, 1.82) is 0 Å². The fourth-order valence-corrected chi connectivity index (χ4v) is 2.10. The van der Waals surface area contributed by atoms with Crippen LogP contribution < -0.4 is 5.32 Å². The number of nitrogens with one attached hydrogen (secondary N) is 1. The molecule has 0 spiro atoms. The largest absolute Gasteiger partial charge is 0.310 e. The fraction of sp³-hybridized carbons (Fsp3) is 0.636. The van der Waals surface area contributed by atoms with E-state index in [0.717, 1.165) is 5.92 Å². The van der Waals surface area contributed by atoms with Gasteiger partial charge in [0.2, 0.25) is 0 Å². The van der Waals surface area contributed by atoms with E-state index in [1.807, 2.05) is 0 Å². The normalized spacial score (nSPS) is 35.3. The highest BCUT2D eigenvalue weighted by Crippen LogP contribution is 2.21. The Bertz CT molecular complexity index is 171. The number of rotatable bonds is 0. The summed E-state index contributed by atoms with van der Waals surface area (Å²) in [7, 11) is 0. The van der Waals surface area contributed by atoms with Gasteiger partial charge in [0.25, 0.3) is 0 Å². The molecule has 0 aromatic carbocycles. The van der Waals surface area contributed by atoms with Crippen molar-refractivity contribution in [1.82, 2.24) is 5.32 Å². The summed E-state index contributed by atoms with van der Waals surface area (Å²) in [5, 5.41) is 3.59. The minimum Gasteiger partial charge on any atom is -0.310 e. The summed E-state index contributed by atoms with van der Waals surface area (Å²) < 4.78 is 0. The predicted molar refractivity (Wildman–Crippen MR) is 52.0 cm³/mol. The van der Waals surface area contributed by atoms with Crippen LogP contribution in [0.15, 0.2) is 24.3 Å². The van der Waals surface area contributed by atoms with Crippen molar-refractivity contribution in [2.45, 2.75) is 31.7 Å². The third kappa shape index (κ3) is 1.78. The molecule has 0 amide bonds. The maximum Gasteiger partial charge on any atom is 0.0316 e. The maximum absolute atomic E-state index is 3.59. The molecule has 1 N–H and O–H groups in total. The highest BCUT2D eigenvalue weighted by molar-refractivity contribution is 5.17. The van der Waals surface area contributed by atoms with Crippen LogP contribution in [0.3, 0.4) is 0 Å². The van der Waals surface area contributed by atoms with Crippen LogP contribution in [-0.2, 0) is 0 Å². The second kappa shape index (κ2) is 3.90. The van der Waals surface area contributed by atoms with Crippen molar-refractivity contribution in [2.24, 2.45) is 5.92 Å². The minimum atomic E-state index is 0.621. The van der Waals surface area contributed by atoms with Crippen LogP contribution in [0.5, 0.6) is 0 Å². The highest BCUT2D eigenvalue weighted by atomic mass is 14.9. The zero-order valence-corrected chi connectivity index (χ0v) is 7.50. The third-order valence-corrected chi connectivity index (χ3v) is 2.84. The molecule has 0 bridgehead atoms. The number of allylic oxidation sites excluding steroid dienone is 2. The first-order chi connectivity index (χ1) is 5.97. The Labute approximate surface area is 74.5 Å². The van der Waals surface area contributed by atoms with Gasteiger partial charge in [-0.05, 0) is 25.3 Å². The maximum atomic E-state index is 3.59. The van der Waals surface area contributed by atoms with E-state index in [4.69, 9.17) is 0 Å². The van der Waals surface area contributed by atoms with E-state index in [9.17, 15) is 0 Å². The number of hydrogen-bond acceptors (Lipinski definition) is 1. The number of hydrogen-bond donors (Lipinski definition) is 1. The lowest BCUT2D eigenvalue weighted by Crippen LogP contribution is -2.36. The molecule has 66 valence electrons. The Morgan fingerprint density at radius 1 is 1.00 bits per heavy atom. The van der Waals surface area contributed by atoms with E-state index in [1.165, 1.54) is 32.2 Å². The zero-order valence-electron chi connectivity index (χ0n) is 7.50. The second-order valence-corrected chi connectivity index (χ2v) is 3.76. The molecular formula is C11H17N. The lowest BCUT2D eigenvalue weighted by molar-refractivity contribution is 0.391. The minimum absolute atomic E-state index is 0.621. The van der Waals surface area contributed by atoms with Crippen LogP contribution in [0, 0.1) is 5.92 Å². The van der Waals surface area contributed by atoms with Crippen molar-refractivity contribution in [2.75, 3.05) is 6.54 Å². The van der Waals surface area contributed by atoms with Crippen LogP contribution in [0.4, 0.5) is 0 Å². The van der Waals surface area contributed by atoms with Gasteiger partial charge in [-0.15, -0.1) is 0 Å². The molecule has 0 saturated carbocycles. The van der Waals surface area contributed by atoms with Crippen LogP contribution in [0.1, 0.15) is 25.7 Å². The Hall–Kier alpha value is -0.560. The molecule has 0 aromatic heterocycles. The Kier molecular flexibility index (Phi) is 2.62. The van der Waals surface area contributed by atoms with Crippen molar-refractivity contribution < 1.29 is 0 Å². The van der Waals surface area contributed by atoms with Gasteiger partial charge in [0, 0.05) is 6.04 Å². The summed E-state index contributed by atoms with van der Waals surface area (Å²) in [5.74, 6) is 0.760. The van der Waals surface area contributed by atoms with Crippen LogP contribution in [0.2, 0.25) is 0 Å². The Morgan fingerprint density at radius 3 is 2.92 bits per heavy atom. The smallest absolute Gasteiger partial charge is 0.0316 e. The molecule has 1 nitrogen and oxygen atoms in total. The van der Waals surface area contributed by atoms with Crippen LogP contribution in [0.25, 0.3) is 0 Å². The lowest BCUT2D eigenvalue weighted by Gasteiger charge is -2.27. The summed E-state index contributed by atoms with van der Waals surface area (Å²) >= 11 is 0. The molecule has 1 fully saturated rings. The van der Waals surface area contributed by atoms with Crippen molar-refractivity contribution in [3.63, 3.8) is 0 Å². The van der Waals surface area contributed by atoms with E-state index in [2.05, 4.69) is 29.6 Å².